The summed E-state index contributed by atoms with van der Waals surface area (Å²) in [5.74, 6) is 12.3. The highest BCUT2D eigenvalue weighted by Gasteiger charge is 2.06. The van der Waals surface area contributed by atoms with Crippen molar-refractivity contribution in [3.8, 4) is 23.7 Å². The minimum absolute atomic E-state index is 0.284. The number of aryl methyl sites for hydroxylation is 2. The van der Waals surface area contributed by atoms with Crippen LogP contribution in [0.4, 0.5) is 4.39 Å². The summed E-state index contributed by atoms with van der Waals surface area (Å²) in [4.78, 5) is 0. The smallest absolute Gasteiger partial charge is 0.146 e. The average molecular weight is 499 g/mol. The van der Waals surface area contributed by atoms with Crippen LogP contribution >= 0.6 is 0 Å². The van der Waals surface area contributed by atoms with Crippen molar-refractivity contribution in [2.24, 2.45) is 0 Å². The molecule has 0 bridgehead atoms. The second kappa shape index (κ2) is 14.0. The number of benzene rings is 4. The zero-order valence-electron chi connectivity index (χ0n) is 22.3. The maximum Gasteiger partial charge on any atom is 0.146 e. The van der Waals surface area contributed by atoms with Crippen molar-refractivity contribution in [2.75, 3.05) is 0 Å². The summed E-state index contributed by atoms with van der Waals surface area (Å²) in [5, 5.41) is 1.38. The molecular weight excluding hydrogens is 463 g/mol. The molecule has 0 spiro atoms. The molecule has 0 saturated carbocycles. The van der Waals surface area contributed by atoms with E-state index in [9.17, 15) is 0 Å². The Morgan fingerprint density at radius 1 is 0.658 bits per heavy atom. The summed E-state index contributed by atoms with van der Waals surface area (Å²) in [6.45, 7) is 6.01. The number of hydrogen-bond acceptors (Lipinski definition) is 0. The van der Waals surface area contributed by atoms with Gasteiger partial charge in [-0.2, -0.15) is 0 Å². The number of fused-ring (bicyclic) bond motifs is 1. The van der Waals surface area contributed by atoms with Crippen LogP contribution < -0.4 is 0 Å². The predicted molar refractivity (Wildman–Crippen MR) is 160 cm³/mol. The zero-order valence-corrected chi connectivity index (χ0v) is 22.3. The first-order valence-electron chi connectivity index (χ1n) is 13.7. The van der Waals surface area contributed by atoms with Crippen LogP contribution in [0, 0.1) is 29.5 Å². The largest absolute Gasteiger partial charge is 0.205 e. The molecule has 0 N–H and O–H groups in total. The van der Waals surface area contributed by atoms with Crippen LogP contribution in [0.1, 0.15) is 78.8 Å². The van der Waals surface area contributed by atoms with Gasteiger partial charge in [0.15, 0.2) is 0 Å². The molecule has 0 fully saturated rings. The number of hydrogen-bond donors (Lipinski definition) is 0. The van der Waals surface area contributed by atoms with Crippen LogP contribution in [0.3, 0.4) is 0 Å². The van der Waals surface area contributed by atoms with E-state index in [1.54, 1.807) is 12.1 Å². The standard InChI is InChI=1S/C37H35F/c1-3-5-7-8-9-11-30-14-18-32(19-15-30)22-24-34-25-26-35-28-33(23-27-36(35)37(34)38)21-20-31-16-12-29(13-17-31)10-6-4-2/h4,12-19,23,25-28H,2-3,5-11H2,1H3. The Balaban J connectivity index is 1.42. The highest BCUT2D eigenvalue weighted by Crippen LogP contribution is 2.22. The van der Waals surface area contributed by atoms with E-state index in [4.69, 9.17) is 0 Å². The van der Waals surface area contributed by atoms with Crippen LogP contribution in [0.5, 0.6) is 0 Å². The Morgan fingerprint density at radius 3 is 1.95 bits per heavy atom. The van der Waals surface area contributed by atoms with Crippen LogP contribution in [-0.2, 0) is 12.8 Å². The van der Waals surface area contributed by atoms with Gasteiger partial charge in [0.25, 0.3) is 0 Å². The molecule has 0 saturated heterocycles. The van der Waals surface area contributed by atoms with Gasteiger partial charge in [0.1, 0.15) is 5.82 Å². The van der Waals surface area contributed by atoms with E-state index < -0.39 is 0 Å². The van der Waals surface area contributed by atoms with E-state index in [0.717, 1.165) is 41.3 Å². The second-order valence-electron chi connectivity index (χ2n) is 9.75. The Labute approximate surface area is 227 Å². The first-order chi connectivity index (χ1) is 18.7. The molecule has 0 atom stereocenters. The normalized spacial score (nSPS) is 10.4. The van der Waals surface area contributed by atoms with Gasteiger partial charge in [0.05, 0.1) is 5.56 Å². The number of allylic oxidation sites excluding steroid dienone is 1. The molecule has 0 aliphatic heterocycles. The number of unbranched alkanes of at least 4 members (excludes halogenated alkanes) is 4. The molecule has 1 heteroatoms. The van der Waals surface area contributed by atoms with E-state index in [0.29, 0.717) is 10.9 Å². The highest BCUT2D eigenvalue weighted by molar-refractivity contribution is 5.86. The summed E-state index contributed by atoms with van der Waals surface area (Å²) >= 11 is 0. The molecule has 0 unspecified atom stereocenters. The van der Waals surface area contributed by atoms with Crippen molar-refractivity contribution in [2.45, 2.75) is 58.3 Å². The summed E-state index contributed by atoms with van der Waals surface area (Å²) < 4.78 is 15.2. The van der Waals surface area contributed by atoms with Gasteiger partial charge in [-0.3, -0.25) is 0 Å². The molecule has 0 aliphatic rings. The number of rotatable bonds is 9. The van der Waals surface area contributed by atoms with Crippen LogP contribution in [0.15, 0.2) is 91.5 Å². The average Bonchev–Trinajstić information content (AvgIpc) is 2.95. The lowest BCUT2D eigenvalue weighted by molar-refractivity contribution is 0.632. The minimum atomic E-state index is -0.284. The van der Waals surface area contributed by atoms with Crippen molar-refractivity contribution < 1.29 is 4.39 Å². The Morgan fingerprint density at radius 2 is 1.26 bits per heavy atom. The van der Waals surface area contributed by atoms with Crippen LogP contribution in [0.25, 0.3) is 10.8 Å². The summed E-state index contributed by atoms with van der Waals surface area (Å²) in [5.41, 5.74) is 5.75. The lowest BCUT2D eigenvalue weighted by Crippen LogP contribution is -1.88. The van der Waals surface area contributed by atoms with Gasteiger partial charge in [-0.25, -0.2) is 4.39 Å². The van der Waals surface area contributed by atoms with Crippen molar-refractivity contribution >= 4 is 10.8 Å². The Bertz CT molecular complexity index is 1480. The molecule has 190 valence electrons. The van der Waals surface area contributed by atoms with E-state index >= 15 is 4.39 Å². The zero-order chi connectivity index (χ0) is 26.6. The molecule has 0 nitrogen and oxygen atoms in total. The molecule has 0 aromatic heterocycles. The second-order valence-corrected chi connectivity index (χ2v) is 9.75. The maximum absolute atomic E-state index is 15.2. The lowest BCUT2D eigenvalue weighted by atomic mass is 10.0. The van der Waals surface area contributed by atoms with Gasteiger partial charge < -0.3 is 0 Å². The Hall–Kier alpha value is -4.07. The predicted octanol–water partition coefficient (Wildman–Crippen LogP) is 9.41. The first-order valence-corrected chi connectivity index (χ1v) is 13.7. The fourth-order valence-electron chi connectivity index (χ4n) is 4.46. The van der Waals surface area contributed by atoms with E-state index in [-0.39, 0.29) is 5.82 Å². The molecular formula is C37H35F. The van der Waals surface area contributed by atoms with Gasteiger partial charge in [-0.1, -0.05) is 98.8 Å². The fourth-order valence-corrected chi connectivity index (χ4v) is 4.46. The highest BCUT2D eigenvalue weighted by atomic mass is 19.1. The molecule has 0 radical (unpaired) electrons. The SMILES string of the molecule is C=CCCc1ccc(C#Cc2ccc3c(F)c(C#Cc4ccc(CCCCCCC)cc4)ccc3c2)cc1. The first kappa shape index (κ1) is 27.0. The third kappa shape index (κ3) is 7.71. The van der Waals surface area contributed by atoms with Crippen molar-refractivity contribution in [3.63, 3.8) is 0 Å². The van der Waals surface area contributed by atoms with Gasteiger partial charge in [-0.05, 0) is 84.7 Å². The lowest BCUT2D eigenvalue weighted by Gasteiger charge is -2.03. The molecule has 0 amide bonds. The third-order valence-electron chi connectivity index (χ3n) is 6.76. The van der Waals surface area contributed by atoms with E-state index in [2.05, 4.69) is 61.4 Å². The topological polar surface area (TPSA) is 0 Å². The quantitative estimate of drug-likeness (QED) is 0.122. The van der Waals surface area contributed by atoms with Gasteiger partial charge in [-0.15, -0.1) is 6.58 Å². The molecule has 4 aromatic carbocycles. The van der Waals surface area contributed by atoms with Gasteiger partial charge >= 0.3 is 0 Å². The van der Waals surface area contributed by atoms with Crippen LogP contribution in [-0.4, -0.2) is 0 Å². The van der Waals surface area contributed by atoms with Crippen LogP contribution in [0.2, 0.25) is 0 Å². The van der Waals surface area contributed by atoms with E-state index in [1.807, 2.05) is 48.5 Å². The van der Waals surface area contributed by atoms with Gasteiger partial charge in [0, 0.05) is 22.1 Å². The van der Waals surface area contributed by atoms with Crippen molar-refractivity contribution in [3.05, 3.63) is 131 Å². The molecule has 0 heterocycles. The third-order valence-corrected chi connectivity index (χ3v) is 6.76. The van der Waals surface area contributed by atoms with Gasteiger partial charge in [0.2, 0.25) is 0 Å². The molecule has 4 aromatic rings. The summed E-state index contributed by atoms with van der Waals surface area (Å²) in [6, 6.07) is 25.9. The van der Waals surface area contributed by atoms with Crippen molar-refractivity contribution in [1.29, 1.82) is 0 Å². The summed E-state index contributed by atoms with van der Waals surface area (Å²) in [6.07, 6.45) is 11.4. The van der Waals surface area contributed by atoms with E-state index in [1.165, 1.54) is 43.2 Å². The summed E-state index contributed by atoms with van der Waals surface area (Å²) in [7, 11) is 0. The monoisotopic (exact) mass is 498 g/mol. The molecule has 0 aliphatic carbocycles. The molecule has 4 rings (SSSR count). The molecule has 38 heavy (non-hydrogen) atoms. The minimum Gasteiger partial charge on any atom is -0.205 e. The maximum atomic E-state index is 15.2. The van der Waals surface area contributed by atoms with Crippen molar-refractivity contribution in [1.82, 2.24) is 0 Å². The fraction of sp³-hybridized carbons (Fsp3) is 0.243. The number of halogens is 1. The Kier molecular flexibility index (Phi) is 9.96.